The van der Waals surface area contributed by atoms with Crippen LogP contribution in [0.3, 0.4) is 0 Å². The molecule has 1 heterocycles. The zero-order chi connectivity index (χ0) is 16.4. The van der Waals surface area contributed by atoms with Gasteiger partial charge < -0.3 is 4.98 Å². The second-order valence-corrected chi connectivity index (χ2v) is 6.96. The van der Waals surface area contributed by atoms with Crippen LogP contribution in [0, 0.1) is 0 Å². The van der Waals surface area contributed by atoms with Gasteiger partial charge in [0.05, 0.1) is 5.52 Å². The van der Waals surface area contributed by atoms with Crippen LogP contribution in [-0.2, 0) is 6.42 Å². The Kier molecular flexibility index (Phi) is 2.51. The van der Waals surface area contributed by atoms with Gasteiger partial charge in [0.25, 0.3) is 0 Å². The van der Waals surface area contributed by atoms with Crippen LogP contribution in [0.5, 0.6) is 0 Å². The van der Waals surface area contributed by atoms with E-state index in [1.807, 2.05) is 0 Å². The number of aromatic amines is 1. The van der Waals surface area contributed by atoms with Crippen molar-refractivity contribution in [1.29, 1.82) is 0 Å². The molecule has 6 rings (SSSR count). The lowest BCUT2D eigenvalue weighted by atomic mass is 9.91. The first-order valence-electron chi connectivity index (χ1n) is 8.95. The van der Waals surface area contributed by atoms with Crippen molar-refractivity contribution in [3.05, 3.63) is 78.0 Å². The Hall–Kier alpha value is -3.06. The zero-order valence-corrected chi connectivity index (χ0v) is 13.8. The second-order valence-electron chi connectivity index (χ2n) is 6.96. The summed E-state index contributed by atoms with van der Waals surface area (Å²) in [6.07, 6.45) is 6.84. The molecule has 118 valence electrons. The molecule has 0 saturated carbocycles. The molecule has 0 bridgehead atoms. The summed E-state index contributed by atoms with van der Waals surface area (Å²) >= 11 is 0. The van der Waals surface area contributed by atoms with E-state index in [0.717, 1.165) is 12.8 Å². The molecule has 0 unspecified atom stereocenters. The minimum Gasteiger partial charge on any atom is -0.357 e. The smallest absolute Gasteiger partial charge is 0.0548 e. The van der Waals surface area contributed by atoms with Crippen LogP contribution in [0.25, 0.3) is 49.3 Å². The predicted molar refractivity (Wildman–Crippen MR) is 108 cm³/mol. The van der Waals surface area contributed by atoms with Crippen LogP contribution in [0.15, 0.2) is 66.7 Å². The first kappa shape index (κ1) is 13.3. The van der Waals surface area contributed by atoms with Crippen molar-refractivity contribution >= 4 is 49.3 Å². The van der Waals surface area contributed by atoms with Gasteiger partial charge in [0.1, 0.15) is 0 Å². The number of hydrogen-bond donors (Lipinski definition) is 1. The van der Waals surface area contributed by atoms with Crippen LogP contribution in [0.1, 0.15) is 17.7 Å². The third kappa shape index (κ3) is 1.68. The molecular formula is C24H17N. The van der Waals surface area contributed by atoms with Gasteiger partial charge in [-0.15, -0.1) is 0 Å². The van der Waals surface area contributed by atoms with E-state index in [0.29, 0.717) is 0 Å². The van der Waals surface area contributed by atoms with Gasteiger partial charge in [0, 0.05) is 27.4 Å². The number of rotatable bonds is 0. The first-order valence-corrected chi connectivity index (χ1v) is 8.95. The lowest BCUT2D eigenvalue weighted by molar-refractivity contribution is 0.951. The third-order valence-electron chi connectivity index (χ3n) is 5.63. The Morgan fingerprint density at radius 2 is 1.48 bits per heavy atom. The fourth-order valence-electron chi connectivity index (χ4n) is 4.54. The summed E-state index contributed by atoms with van der Waals surface area (Å²) in [7, 11) is 0. The Bertz CT molecular complexity index is 1330. The molecule has 1 N–H and O–H groups in total. The highest BCUT2D eigenvalue weighted by atomic mass is 14.7. The van der Waals surface area contributed by atoms with Gasteiger partial charge in [-0.25, -0.2) is 0 Å². The van der Waals surface area contributed by atoms with E-state index in [-0.39, 0.29) is 0 Å². The maximum Gasteiger partial charge on any atom is 0.0548 e. The highest BCUT2D eigenvalue weighted by molar-refractivity contribution is 6.32. The molecule has 0 spiro atoms. The van der Waals surface area contributed by atoms with Crippen molar-refractivity contribution < 1.29 is 0 Å². The highest BCUT2D eigenvalue weighted by Gasteiger charge is 2.18. The zero-order valence-electron chi connectivity index (χ0n) is 13.8. The van der Waals surface area contributed by atoms with E-state index >= 15 is 0 Å². The van der Waals surface area contributed by atoms with Gasteiger partial charge in [0.2, 0.25) is 0 Å². The second kappa shape index (κ2) is 4.73. The number of allylic oxidation sites excluding steroid dienone is 1. The summed E-state index contributed by atoms with van der Waals surface area (Å²) < 4.78 is 0. The van der Waals surface area contributed by atoms with Gasteiger partial charge >= 0.3 is 0 Å². The molecule has 4 aromatic carbocycles. The number of hydrogen-bond acceptors (Lipinski definition) is 0. The maximum absolute atomic E-state index is 3.76. The molecule has 0 fully saturated rings. The van der Waals surface area contributed by atoms with E-state index in [2.05, 4.69) is 77.8 Å². The van der Waals surface area contributed by atoms with Crippen molar-refractivity contribution in [3.63, 3.8) is 0 Å². The van der Waals surface area contributed by atoms with E-state index in [1.54, 1.807) is 0 Å². The first-order chi connectivity index (χ1) is 12.4. The van der Waals surface area contributed by atoms with Crippen molar-refractivity contribution in [3.8, 4) is 0 Å². The largest absolute Gasteiger partial charge is 0.357 e. The number of aryl methyl sites for hydroxylation is 1. The molecule has 1 aromatic heterocycles. The highest BCUT2D eigenvalue weighted by Crippen LogP contribution is 2.42. The van der Waals surface area contributed by atoms with Crippen molar-refractivity contribution in [2.45, 2.75) is 12.8 Å². The maximum atomic E-state index is 3.76. The monoisotopic (exact) mass is 319 g/mol. The molecule has 0 amide bonds. The Morgan fingerprint density at radius 3 is 2.40 bits per heavy atom. The normalized spacial score (nSPS) is 13.9. The van der Waals surface area contributed by atoms with Crippen LogP contribution in [-0.4, -0.2) is 4.98 Å². The summed E-state index contributed by atoms with van der Waals surface area (Å²) in [5.41, 5.74) is 4.05. The molecule has 5 aromatic rings. The van der Waals surface area contributed by atoms with Gasteiger partial charge in [-0.05, 0) is 34.4 Å². The van der Waals surface area contributed by atoms with Crippen LogP contribution < -0.4 is 0 Å². The SMILES string of the molecule is C1=Cc2c([nH]c3c4ccccc4c4ccc5ccccc5c4c23)CC1. The Morgan fingerprint density at radius 1 is 0.680 bits per heavy atom. The van der Waals surface area contributed by atoms with E-state index < -0.39 is 0 Å². The topological polar surface area (TPSA) is 15.8 Å². The molecule has 0 atom stereocenters. The number of fused-ring (bicyclic) bond motifs is 10. The lowest BCUT2D eigenvalue weighted by Crippen LogP contribution is -1.91. The van der Waals surface area contributed by atoms with E-state index in [1.165, 1.54) is 54.5 Å². The number of aromatic nitrogens is 1. The summed E-state index contributed by atoms with van der Waals surface area (Å²) in [5, 5.41) is 9.43. The number of nitrogens with one attached hydrogen (secondary N) is 1. The molecule has 1 heteroatoms. The molecule has 25 heavy (non-hydrogen) atoms. The minimum atomic E-state index is 1.10. The molecule has 1 aliphatic carbocycles. The number of benzene rings is 4. The van der Waals surface area contributed by atoms with Gasteiger partial charge in [0.15, 0.2) is 0 Å². The Balaban J connectivity index is 2.03. The van der Waals surface area contributed by atoms with Crippen LogP contribution in [0.2, 0.25) is 0 Å². The third-order valence-corrected chi connectivity index (χ3v) is 5.63. The lowest BCUT2D eigenvalue weighted by Gasteiger charge is -2.11. The average molecular weight is 319 g/mol. The standard InChI is InChI=1S/C24H17N/c1-2-8-16-15(7-1)13-14-18-17-9-3-4-10-19(17)24-23(22(16)18)20-11-5-6-12-21(20)25-24/h1-5,7-11,13-14,25H,6,12H2. The van der Waals surface area contributed by atoms with Gasteiger partial charge in [-0.1, -0.05) is 72.8 Å². The van der Waals surface area contributed by atoms with Crippen LogP contribution in [0.4, 0.5) is 0 Å². The quantitative estimate of drug-likeness (QED) is 0.310. The van der Waals surface area contributed by atoms with Crippen molar-refractivity contribution in [2.75, 3.05) is 0 Å². The van der Waals surface area contributed by atoms with Crippen LogP contribution >= 0.6 is 0 Å². The summed E-state index contributed by atoms with van der Waals surface area (Å²) in [5.74, 6) is 0. The molecule has 0 aliphatic heterocycles. The average Bonchev–Trinajstić information content (AvgIpc) is 3.07. The fraction of sp³-hybridized carbons (Fsp3) is 0.0833. The van der Waals surface area contributed by atoms with Crippen molar-refractivity contribution in [2.24, 2.45) is 0 Å². The Labute approximate surface area is 145 Å². The number of H-pyrrole nitrogens is 1. The summed E-state index contributed by atoms with van der Waals surface area (Å²) in [6, 6.07) is 22.1. The fourth-order valence-corrected chi connectivity index (χ4v) is 4.54. The molecule has 0 saturated heterocycles. The summed E-state index contributed by atoms with van der Waals surface area (Å²) in [6.45, 7) is 0. The van der Waals surface area contributed by atoms with E-state index in [9.17, 15) is 0 Å². The van der Waals surface area contributed by atoms with E-state index in [4.69, 9.17) is 0 Å². The molecular weight excluding hydrogens is 302 g/mol. The predicted octanol–water partition coefficient (Wildman–Crippen LogP) is 6.59. The van der Waals surface area contributed by atoms with Gasteiger partial charge in [-0.2, -0.15) is 0 Å². The molecule has 1 aliphatic rings. The molecule has 0 radical (unpaired) electrons. The summed E-state index contributed by atoms with van der Waals surface area (Å²) in [4.78, 5) is 3.76. The molecule has 1 nitrogen and oxygen atoms in total. The van der Waals surface area contributed by atoms with Gasteiger partial charge in [-0.3, -0.25) is 0 Å². The van der Waals surface area contributed by atoms with Crippen molar-refractivity contribution in [1.82, 2.24) is 4.98 Å². The minimum absolute atomic E-state index is 1.10.